The van der Waals surface area contributed by atoms with Gasteiger partial charge in [0, 0.05) is 0 Å². The smallest absolute Gasteiger partial charge is 0.242 e. The van der Waals surface area contributed by atoms with Crippen molar-refractivity contribution in [2.24, 2.45) is 0 Å². The van der Waals surface area contributed by atoms with Crippen LogP contribution in [0.3, 0.4) is 0 Å². The molecule has 13 heavy (non-hydrogen) atoms. The van der Waals surface area contributed by atoms with E-state index >= 15 is 0 Å². The average molecular weight is 217 g/mol. The number of alkyl halides is 3. The second kappa shape index (κ2) is 3.96. The summed E-state index contributed by atoms with van der Waals surface area (Å²) in [5.74, 6) is 0. The molecule has 0 radical (unpaired) electrons. The van der Waals surface area contributed by atoms with Crippen molar-refractivity contribution in [3.63, 3.8) is 0 Å². The summed E-state index contributed by atoms with van der Waals surface area (Å²) in [6.45, 7) is 5.78. The van der Waals surface area contributed by atoms with E-state index in [9.17, 15) is 17.4 Å². The van der Waals surface area contributed by atoms with E-state index in [0.717, 1.165) is 6.92 Å². The van der Waals surface area contributed by atoms with Gasteiger partial charge < -0.3 is 0 Å². The van der Waals surface area contributed by atoms with Crippen LogP contribution in [0.5, 0.6) is 0 Å². The number of rotatable bonds is 2. The molecule has 0 aromatic carbocycles. The van der Waals surface area contributed by atoms with E-state index in [1.165, 1.54) is 0 Å². The third-order valence-corrected chi connectivity index (χ3v) is 3.01. The maximum atomic E-state index is 12.0. The maximum Gasteiger partial charge on any atom is 0.404 e. The lowest BCUT2D eigenvalue weighted by Crippen LogP contribution is -2.45. The molecule has 0 aliphatic heterocycles. The zero-order valence-electron chi connectivity index (χ0n) is 8.03. The summed E-state index contributed by atoms with van der Waals surface area (Å²) >= 11 is 0. The molecule has 6 heteroatoms. The summed E-state index contributed by atoms with van der Waals surface area (Å²) in [6, 6.07) is -1.74. The third kappa shape index (κ3) is 4.61. The van der Waals surface area contributed by atoms with Gasteiger partial charge in [-0.05, 0) is 27.7 Å². The van der Waals surface area contributed by atoms with Crippen molar-refractivity contribution in [1.82, 2.24) is 4.72 Å². The van der Waals surface area contributed by atoms with Gasteiger partial charge in [0.2, 0.25) is 0 Å². The van der Waals surface area contributed by atoms with Crippen LogP contribution in [0.25, 0.3) is 0 Å². The van der Waals surface area contributed by atoms with Gasteiger partial charge in [0.05, 0.1) is 15.7 Å². The van der Waals surface area contributed by atoms with Crippen LogP contribution in [0, 0.1) is 0 Å². The number of hydrogen-bond acceptors (Lipinski definition) is 1. The summed E-state index contributed by atoms with van der Waals surface area (Å²) < 4.78 is 48.5. The van der Waals surface area contributed by atoms with Gasteiger partial charge in [-0.2, -0.15) is 13.2 Å². The molecular weight excluding hydrogens is 203 g/mol. The lowest BCUT2D eigenvalue weighted by atomic mass is 10.3. The molecule has 0 rings (SSSR count). The summed E-state index contributed by atoms with van der Waals surface area (Å²) in [7, 11) is -1.68. The highest BCUT2D eigenvalue weighted by atomic mass is 32.2. The fraction of sp³-hybridized carbons (Fsp3) is 1.00. The monoisotopic (exact) mass is 217 g/mol. The summed E-state index contributed by atoms with van der Waals surface area (Å²) in [5.41, 5.74) is 0. The average Bonchev–Trinajstić information content (AvgIpc) is 1.82. The SMILES string of the molecule is CC(NS(=O)C(C)(C)C)C(F)(F)F. The topological polar surface area (TPSA) is 29.1 Å². The van der Waals surface area contributed by atoms with E-state index in [0.29, 0.717) is 0 Å². The van der Waals surface area contributed by atoms with Gasteiger partial charge in [0.1, 0.15) is 6.04 Å². The molecule has 0 aromatic heterocycles. The van der Waals surface area contributed by atoms with Gasteiger partial charge in [-0.25, -0.2) is 8.93 Å². The molecule has 0 saturated carbocycles. The number of nitrogens with one attached hydrogen (secondary N) is 1. The number of halogens is 3. The predicted molar refractivity (Wildman–Crippen MR) is 46.5 cm³/mol. The van der Waals surface area contributed by atoms with E-state index in [1.807, 2.05) is 4.72 Å². The second-order valence-electron chi connectivity index (χ2n) is 3.76. The standard InChI is InChI=1S/C7H14F3NOS/c1-5(7(8,9)10)11-13(12)6(2,3)4/h5,11H,1-4H3. The van der Waals surface area contributed by atoms with E-state index in [1.54, 1.807) is 20.8 Å². The largest absolute Gasteiger partial charge is 0.404 e. The second-order valence-corrected chi connectivity index (χ2v) is 5.76. The zero-order chi connectivity index (χ0) is 10.9. The van der Waals surface area contributed by atoms with Crippen molar-refractivity contribution in [3.05, 3.63) is 0 Å². The molecule has 0 amide bonds. The Morgan fingerprint density at radius 3 is 1.85 bits per heavy atom. The van der Waals surface area contributed by atoms with Gasteiger partial charge in [-0.3, -0.25) is 0 Å². The van der Waals surface area contributed by atoms with Gasteiger partial charge in [-0.1, -0.05) is 0 Å². The first kappa shape index (κ1) is 12.9. The Morgan fingerprint density at radius 2 is 1.62 bits per heavy atom. The molecule has 0 aromatic rings. The molecule has 0 fully saturated rings. The van der Waals surface area contributed by atoms with Crippen molar-refractivity contribution >= 4 is 11.0 Å². The molecule has 80 valence electrons. The van der Waals surface area contributed by atoms with Crippen LogP contribution < -0.4 is 4.72 Å². The summed E-state index contributed by atoms with van der Waals surface area (Å²) in [6.07, 6.45) is -4.35. The van der Waals surface area contributed by atoms with Crippen molar-refractivity contribution in [2.45, 2.75) is 44.7 Å². The minimum absolute atomic E-state index is 0.681. The van der Waals surface area contributed by atoms with E-state index in [4.69, 9.17) is 0 Å². The van der Waals surface area contributed by atoms with E-state index in [2.05, 4.69) is 0 Å². The Bertz CT molecular complexity index is 197. The van der Waals surface area contributed by atoms with Crippen molar-refractivity contribution < 1.29 is 17.4 Å². The van der Waals surface area contributed by atoms with Crippen LogP contribution in [0.1, 0.15) is 27.7 Å². The van der Waals surface area contributed by atoms with Gasteiger partial charge in [0.25, 0.3) is 0 Å². The van der Waals surface area contributed by atoms with Crippen molar-refractivity contribution in [2.75, 3.05) is 0 Å². The Balaban J connectivity index is 4.24. The van der Waals surface area contributed by atoms with Crippen LogP contribution in [0.15, 0.2) is 0 Å². The van der Waals surface area contributed by atoms with E-state index < -0.39 is 28.0 Å². The predicted octanol–water partition coefficient (Wildman–Crippen LogP) is 1.99. The maximum absolute atomic E-state index is 12.0. The summed E-state index contributed by atoms with van der Waals surface area (Å²) in [5, 5.41) is 0. The Kier molecular flexibility index (Phi) is 3.93. The fourth-order valence-corrected chi connectivity index (χ4v) is 1.21. The molecule has 0 aliphatic carbocycles. The zero-order valence-corrected chi connectivity index (χ0v) is 8.84. The van der Waals surface area contributed by atoms with Gasteiger partial charge >= 0.3 is 6.18 Å². The molecule has 2 atom stereocenters. The highest BCUT2D eigenvalue weighted by molar-refractivity contribution is 7.84. The highest BCUT2D eigenvalue weighted by Gasteiger charge is 2.38. The first-order chi connectivity index (χ1) is 5.55. The van der Waals surface area contributed by atoms with Crippen LogP contribution in [-0.2, 0) is 11.0 Å². The first-order valence-corrected chi connectivity index (χ1v) is 4.95. The Hall–Kier alpha value is -0.100. The van der Waals surface area contributed by atoms with Gasteiger partial charge in [-0.15, -0.1) is 0 Å². The normalized spacial score (nSPS) is 18.4. The van der Waals surface area contributed by atoms with Crippen molar-refractivity contribution in [3.8, 4) is 0 Å². The van der Waals surface area contributed by atoms with E-state index in [-0.39, 0.29) is 0 Å². The van der Waals surface area contributed by atoms with Gasteiger partial charge in [0.15, 0.2) is 0 Å². The number of hydrogen-bond donors (Lipinski definition) is 1. The molecule has 2 unspecified atom stereocenters. The van der Waals surface area contributed by atoms with Crippen LogP contribution in [0.4, 0.5) is 13.2 Å². The van der Waals surface area contributed by atoms with Crippen molar-refractivity contribution in [1.29, 1.82) is 0 Å². The lowest BCUT2D eigenvalue weighted by molar-refractivity contribution is -0.146. The minimum Gasteiger partial charge on any atom is -0.242 e. The molecular formula is C7H14F3NOS. The van der Waals surface area contributed by atoms with Crippen LogP contribution >= 0.6 is 0 Å². The molecule has 0 bridgehead atoms. The minimum atomic E-state index is -4.35. The quantitative estimate of drug-likeness (QED) is 0.753. The molecule has 0 aliphatic rings. The third-order valence-electron chi connectivity index (χ3n) is 1.33. The highest BCUT2D eigenvalue weighted by Crippen LogP contribution is 2.21. The molecule has 1 N–H and O–H groups in total. The summed E-state index contributed by atoms with van der Waals surface area (Å²) in [4.78, 5) is 0. The molecule has 2 nitrogen and oxygen atoms in total. The molecule has 0 spiro atoms. The van der Waals surface area contributed by atoms with Crippen LogP contribution in [-0.4, -0.2) is 21.2 Å². The Morgan fingerprint density at radius 1 is 1.23 bits per heavy atom. The lowest BCUT2D eigenvalue weighted by Gasteiger charge is -2.23. The Labute approximate surface area is 78.5 Å². The molecule has 0 saturated heterocycles. The fourth-order valence-electron chi connectivity index (χ4n) is 0.404. The van der Waals surface area contributed by atoms with Crippen LogP contribution in [0.2, 0.25) is 0 Å². The molecule has 0 heterocycles. The first-order valence-electron chi connectivity index (χ1n) is 3.80.